The largest absolute Gasteiger partial charge is 0.308 e. The molecule has 2 unspecified atom stereocenters. The van der Waals surface area contributed by atoms with Crippen LogP contribution in [-0.4, -0.2) is 11.9 Å². The first-order valence-corrected chi connectivity index (χ1v) is 5.49. The smallest absolute Gasteiger partial charge is 0.230 e. The van der Waals surface area contributed by atoms with E-state index in [1.54, 1.807) is 4.90 Å². The Kier molecular flexibility index (Phi) is 2.91. The van der Waals surface area contributed by atoms with Gasteiger partial charge in [-0.1, -0.05) is 25.1 Å². The van der Waals surface area contributed by atoms with Gasteiger partial charge in [0.25, 0.3) is 0 Å². The Bertz CT molecular complexity index is 421. The van der Waals surface area contributed by atoms with Crippen LogP contribution in [0.1, 0.15) is 19.8 Å². The van der Waals surface area contributed by atoms with Gasteiger partial charge in [-0.2, -0.15) is 5.26 Å². The lowest BCUT2D eigenvalue weighted by Crippen LogP contribution is -2.33. The van der Waals surface area contributed by atoms with Gasteiger partial charge in [0.15, 0.2) is 0 Å². The minimum absolute atomic E-state index is 0.0264. The molecule has 0 saturated carbocycles. The molecule has 0 spiro atoms. The molecular formula is C13H14N2O. The highest BCUT2D eigenvalue weighted by atomic mass is 16.2. The minimum Gasteiger partial charge on any atom is -0.308 e. The van der Waals surface area contributed by atoms with Crippen LogP contribution in [0.4, 0.5) is 5.69 Å². The van der Waals surface area contributed by atoms with E-state index in [1.807, 2.05) is 37.3 Å². The van der Waals surface area contributed by atoms with Crippen molar-refractivity contribution in [3.63, 3.8) is 0 Å². The summed E-state index contributed by atoms with van der Waals surface area (Å²) in [5.41, 5.74) is 0.900. The Balaban J connectivity index is 2.30. The second-order valence-electron chi connectivity index (χ2n) is 4.20. The lowest BCUT2D eigenvalue weighted by Gasteiger charge is -2.22. The highest BCUT2D eigenvalue weighted by Crippen LogP contribution is 2.31. The third-order valence-corrected chi connectivity index (χ3v) is 3.01. The van der Waals surface area contributed by atoms with Crippen molar-refractivity contribution in [2.75, 3.05) is 4.90 Å². The molecular weight excluding hydrogens is 200 g/mol. The number of nitriles is 1. The summed E-state index contributed by atoms with van der Waals surface area (Å²) in [7, 11) is 0. The van der Waals surface area contributed by atoms with E-state index in [9.17, 15) is 4.79 Å². The van der Waals surface area contributed by atoms with E-state index in [-0.39, 0.29) is 17.9 Å². The van der Waals surface area contributed by atoms with Crippen LogP contribution in [0.2, 0.25) is 0 Å². The van der Waals surface area contributed by atoms with Crippen LogP contribution in [0.5, 0.6) is 0 Å². The third-order valence-electron chi connectivity index (χ3n) is 3.01. The standard InChI is InChI=1S/C13H14N2O/c1-10-9-12(7-8-14)15(13(10)16)11-5-3-2-4-6-11/h2-6,10,12H,7,9H2,1H3. The molecule has 0 aromatic heterocycles. The van der Waals surface area contributed by atoms with Crippen LogP contribution < -0.4 is 4.90 Å². The zero-order valence-corrected chi connectivity index (χ0v) is 9.26. The minimum atomic E-state index is 0.0264. The van der Waals surface area contributed by atoms with Gasteiger partial charge in [-0.3, -0.25) is 4.79 Å². The molecule has 82 valence electrons. The molecule has 2 rings (SSSR count). The Morgan fingerprint density at radius 3 is 2.75 bits per heavy atom. The number of hydrogen-bond donors (Lipinski definition) is 0. The second kappa shape index (κ2) is 4.36. The fourth-order valence-electron chi connectivity index (χ4n) is 2.24. The van der Waals surface area contributed by atoms with Crippen LogP contribution in [0.15, 0.2) is 30.3 Å². The fraction of sp³-hybridized carbons (Fsp3) is 0.385. The average Bonchev–Trinajstić information content (AvgIpc) is 2.57. The van der Waals surface area contributed by atoms with E-state index in [2.05, 4.69) is 6.07 Å². The number of nitrogens with zero attached hydrogens (tertiary/aromatic N) is 2. The van der Waals surface area contributed by atoms with Crippen LogP contribution in [-0.2, 0) is 4.79 Å². The van der Waals surface area contributed by atoms with Gasteiger partial charge in [-0.15, -0.1) is 0 Å². The van der Waals surface area contributed by atoms with E-state index in [0.29, 0.717) is 6.42 Å². The van der Waals surface area contributed by atoms with E-state index in [0.717, 1.165) is 12.1 Å². The molecule has 1 fully saturated rings. The molecule has 0 radical (unpaired) electrons. The highest BCUT2D eigenvalue weighted by molar-refractivity contribution is 5.97. The molecule has 2 atom stereocenters. The zero-order chi connectivity index (χ0) is 11.5. The van der Waals surface area contributed by atoms with Crippen molar-refractivity contribution in [2.24, 2.45) is 5.92 Å². The maximum Gasteiger partial charge on any atom is 0.230 e. The van der Waals surface area contributed by atoms with Crippen molar-refractivity contribution in [1.29, 1.82) is 5.26 Å². The number of carbonyl (C=O) groups excluding carboxylic acids is 1. The predicted molar refractivity (Wildman–Crippen MR) is 61.7 cm³/mol. The number of anilines is 1. The highest BCUT2D eigenvalue weighted by Gasteiger charge is 2.37. The summed E-state index contributed by atoms with van der Waals surface area (Å²) >= 11 is 0. The molecule has 1 amide bonds. The van der Waals surface area contributed by atoms with Crippen LogP contribution in [0, 0.1) is 17.2 Å². The molecule has 1 aromatic carbocycles. The SMILES string of the molecule is CC1CC(CC#N)N(c2ccccc2)C1=O. The average molecular weight is 214 g/mol. The molecule has 0 N–H and O–H groups in total. The zero-order valence-electron chi connectivity index (χ0n) is 9.26. The molecule has 0 aliphatic carbocycles. The van der Waals surface area contributed by atoms with Crippen molar-refractivity contribution in [3.05, 3.63) is 30.3 Å². The quantitative estimate of drug-likeness (QED) is 0.758. The summed E-state index contributed by atoms with van der Waals surface area (Å²) < 4.78 is 0. The summed E-state index contributed by atoms with van der Waals surface area (Å²) in [6, 6.07) is 11.8. The van der Waals surface area contributed by atoms with E-state index in [4.69, 9.17) is 5.26 Å². The van der Waals surface area contributed by atoms with Crippen LogP contribution in [0.3, 0.4) is 0 Å². The Labute approximate surface area is 95.3 Å². The number of carbonyl (C=O) groups is 1. The van der Waals surface area contributed by atoms with Gasteiger partial charge in [0.2, 0.25) is 5.91 Å². The molecule has 1 aliphatic heterocycles. The molecule has 1 aromatic rings. The molecule has 16 heavy (non-hydrogen) atoms. The Morgan fingerprint density at radius 1 is 1.44 bits per heavy atom. The first-order chi connectivity index (χ1) is 7.74. The monoisotopic (exact) mass is 214 g/mol. The molecule has 3 heteroatoms. The molecule has 0 bridgehead atoms. The number of rotatable bonds is 2. The predicted octanol–water partition coefficient (Wildman–Crippen LogP) is 2.34. The van der Waals surface area contributed by atoms with E-state index < -0.39 is 0 Å². The normalized spacial score (nSPS) is 24.5. The van der Waals surface area contributed by atoms with Gasteiger partial charge in [0, 0.05) is 11.6 Å². The van der Waals surface area contributed by atoms with E-state index in [1.165, 1.54) is 0 Å². The summed E-state index contributed by atoms with van der Waals surface area (Å²) in [6.07, 6.45) is 1.19. The molecule has 1 heterocycles. The van der Waals surface area contributed by atoms with Crippen molar-refractivity contribution >= 4 is 11.6 Å². The summed E-state index contributed by atoms with van der Waals surface area (Å²) in [6.45, 7) is 1.93. The summed E-state index contributed by atoms with van der Waals surface area (Å²) in [4.78, 5) is 13.8. The maximum atomic E-state index is 12.0. The second-order valence-corrected chi connectivity index (χ2v) is 4.20. The number of benzene rings is 1. The third kappa shape index (κ3) is 1.79. The number of amides is 1. The van der Waals surface area contributed by atoms with Crippen molar-refractivity contribution in [2.45, 2.75) is 25.8 Å². The Morgan fingerprint density at radius 2 is 2.12 bits per heavy atom. The number of hydrogen-bond acceptors (Lipinski definition) is 2. The lowest BCUT2D eigenvalue weighted by molar-refractivity contribution is -0.120. The lowest BCUT2D eigenvalue weighted by atomic mass is 10.1. The first-order valence-electron chi connectivity index (χ1n) is 5.49. The summed E-state index contributed by atoms with van der Waals surface area (Å²) in [5, 5.41) is 8.78. The first kappa shape index (κ1) is 10.7. The van der Waals surface area contributed by atoms with Crippen LogP contribution in [0.25, 0.3) is 0 Å². The number of para-hydroxylation sites is 1. The topological polar surface area (TPSA) is 44.1 Å². The molecule has 1 saturated heterocycles. The van der Waals surface area contributed by atoms with Gasteiger partial charge in [-0.25, -0.2) is 0 Å². The van der Waals surface area contributed by atoms with Crippen LogP contribution >= 0.6 is 0 Å². The van der Waals surface area contributed by atoms with Gasteiger partial charge >= 0.3 is 0 Å². The van der Waals surface area contributed by atoms with Gasteiger partial charge in [-0.05, 0) is 18.6 Å². The fourth-order valence-corrected chi connectivity index (χ4v) is 2.24. The Hall–Kier alpha value is -1.82. The maximum absolute atomic E-state index is 12.0. The van der Waals surface area contributed by atoms with Crippen molar-refractivity contribution in [1.82, 2.24) is 0 Å². The molecule has 3 nitrogen and oxygen atoms in total. The van der Waals surface area contributed by atoms with Gasteiger partial charge < -0.3 is 4.90 Å². The van der Waals surface area contributed by atoms with Crippen molar-refractivity contribution < 1.29 is 4.79 Å². The van der Waals surface area contributed by atoms with Gasteiger partial charge in [0.1, 0.15) is 0 Å². The summed E-state index contributed by atoms with van der Waals surface area (Å²) in [5.74, 6) is 0.157. The van der Waals surface area contributed by atoms with E-state index >= 15 is 0 Å². The van der Waals surface area contributed by atoms with Crippen molar-refractivity contribution in [3.8, 4) is 6.07 Å². The van der Waals surface area contributed by atoms with Gasteiger partial charge in [0.05, 0.1) is 18.5 Å². The molecule has 1 aliphatic rings.